The van der Waals surface area contributed by atoms with Crippen molar-refractivity contribution in [2.45, 2.75) is 19.8 Å². The number of imidazole rings is 1. The first-order chi connectivity index (χ1) is 8.06. The molecule has 17 heavy (non-hydrogen) atoms. The molecule has 0 spiro atoms. The maximum Gasteiger partial charge on any atom is 0.160 e. The highest BCUT2D eigenvalue weighted by Gasteiger charge is 2.17. The number of nitrogens with two attached hydrogens (primary N) is 1. The van der Waals surface area contributed by atoms with Gasteiger partial charge in [0, 0.05) is 7.05 Å². The average Bonchev–Trinajstić information content (AvgIpc) is 2.73. The highest BCUT2D eigenvalue weighted by Crippen LogP contribution is 2.25. The van der Waals surface area contributed by atoms with Gasteiger partial charge in [-0.25, -0.2) is 9.67 Å². The molecule has 2 aromatic heterocycles. The summed E-state index contributed by atoms with van der Waals surface area (Å²) in [4.78, 5) is 4.28. The SMILES string of the molecule is CCCc1nn(C)c(-n2cnc(I)c2I)c1N. The summed E-state index contributed by atoms with van der Waals surface area (Å²) in [6.45, 7) is 2.12. The minimum absolute atomic E-state index is 0.751. The molecule has 5 nitrogen and oxygen atoms in total. The van der Waals surface area contributed by atoms with E-state index in [-0.39, 0.29) is 0 Å². The number of aryl methyl sites for hydroxylation is 2. The van der Waals surface area contributed by atoms with E-state index in [1.165, 1.54) is 0 Å². The van der Waals surface area contributed by atoms with Crippen LogP contribution < -0.4 is 5.73 Å². The largest absolute Gasteiger partial charge is 0.394 e. The maximum atomic E-state index is 6.16. The number of rotatable bonds is 3. The molecule has 0 saturated carbocycles. The molecule has 7 heteroatoms. The Labute approximate surface area is 127 Å². The van der Waals surface area contributed by atoms with Crippen molar-refractivity contribution in [3.8, 4) is 5.82 Å². The van der Waals surface area contributed by atoms with E-state index in [4.69, 9.17) is 5.73 Å². The molecule has 2 N–H and O–H groups in total. The lowest BCUT2D eigenvalue weighted by atomic mass is 10.2. The van der Waals surface area contributed by atoms with Crippen molar-refractivity contribution in [1.82, 2.24) is 19.3 Å². The van der Waals surface area contributed by atoms with Crippen LogP contribution in [-0.2, 0) is 13.5 Å². The summed E-state index contributed by atoms with van der Waals surface area (Å²) in [5.41, 5.74) is 7.88. The molecular weight excluding hydrogens is 444 g/mol. The molecule has 0 fully saturated rings. The number of hydrogen-bond acceptors (Lipinski definition) is 3. The highest BCUT2D eigenvalue weighted by atomic mass is 127. The van der Waals surface area contributed by atoms with E-state index < -0.39 is 0 Å². The minimum atomic E-state index is 0.751. The highest BCUT2D eigenvalue weighted by molar-refractivity contribution is 14.1. The van der Waals surface area contributed by atoms with Crippen LogP contribution in [0.3, 0.4) is 0 Å². The summed E-state index contributed by atoms with van der Waals surface area (Å²) >= 11 is 4.47. The van der Waals surface area contributed by atoms with Crippen molar-refractivity contribution in [1.29, 1.82) is 0 Å². The van der Waals surface area contributed by atoms with Crippen molar-refractivity contribution < 1.29 is 0 Å². The van der Waals surface area contributed by atoms with Gasteiger partial charge in [0.2, 0.25) is 0 Å². The van der Waals surface area contributed by atoms with Gasteiger partial charge >= 0.3 is 0 Å². The lowest BCUT2D eigenvalue weighted by Crippen LogP contribution is -2.05. The van der Waals surface area contributed by atoms with Crippen molar-refractivity contribution in [2.24, 2.45) is 7.05 Å². The van der Waals surface area contributed by atoms with Gasteiger partial charge in [-0.3, -0.25) is 4.57 Å². The monoisotopic (exact) mass is 457 g/mol. The lowest BCUT2D eigenvalue weighted by Gasteiger charge is -2.05. The Morgan fingerprint density at radius 3 is 2.65 bits per heavy atom. The van der Waals surface area contributed by atoms with Crippen molar-refractivity contribution in [2.75, 3.05) is 5.73 Å². The number of anilines is 1. The molecule has 2 aromatic rings. The standard InChI is InChI=1S/C10H13I2N5/c1-3-4-6-7(13)10(16(2)15-6)17-5-14-8(11)9(17)12/h5H,3-4,13H2,1-2H3. The van der Waals surface area contributed by atoms with E-state index in [9.17, 15) is 0 Å². The molecule has 92 valence electrons. The van der Waals surface area contributed by atoms with Gasteiger partial charge in [0.1, 0.15) is 13.7 Å². The van der Waals surface area contributed by atoms with Crippen LogP contribution in [0.1, 0.15) is 19.0 Å². The third-order valence-electron chi connectivity index (χ3n) is 2.51. The Kier molecular flexibility index (Phi) is 3.95. The van der Waals surface area contributed by atoms with Crippen molar-refractivity contribution in [3.63, 3.8) is 0 Å². The smallest absolute Gasteiger partial charge is 0.160 e. The molecule has 0 saturated heterocycles. The second-order valence-corrected chi connectivity index (χ2v) is 5.80. The summed E-state index contributed by atoms with van der Waals surface area (Å²) < 4.78 is 5.83. The fourth-order valence-electron chi connectivity index (χ4n) is 1.75. The second kappa shape index (κ2) is 5.12. The Hall–Kier alpha value is -0.320. The molecule has 0 unspecified atom stereocenters. The van der Waals surface area contributed by atoms with Gasteiger partial charge < -0.3 is 5.73 Å². The predicted molar refractivity (Wildman–Crippen MR) is 84.2 cm³/mol. The van der Waals surface area contributed by atoms with E-state index >= 15 is 0 Å². The minimum Gasteiger partial charge on any atom is -0.394 e. The van der Waals surface area contributed by atoms with Gasteiger partial charge in [-0.15, -0.1) is 0 Å². The number of hydrogen-bond donors (Lipinski definition) is 1. The predicted octanol–water partition coefficient (Wildman–Crippen LogP) is 2.35. The molecule has 0 aliphatic heterocycles. The Morgan fingerprint density at radius 1 is 1.41 bits per heavy atom. The molecule has 2 rings (SSSR count). The molecule has 0 aromatic carbocycles. The summed E-state index contributed by atoms with van der Waals surface area (Å²) in [5.74, 6) is 0.897. The zero-order valence-electron chi connectivity index (χ0n) is 9.61. The van der Waals surface area contributed by atoms with Crippen LogP contribution in [0.4, 0.5) is 5.69 Å². The zero-order valence-corrected chi connectivity index (χ0v) is 13.9. The normalized spacial score (nSPS) is 11.1. The van der Waals surface area contributed by atoms with Crippen molar-refractivity contribution >= 4 is 50.9 Å². The third-order valence-corrected chi connectivity index (χ3v) is 5.36. The second-order valence-electron chi connectivity index (χ2n) is 3.75. The molecule has 0 bridgehead atoms. The van der Waals surface area contributed by atoms with Gasteiger partial charge in [0.25, 0.3) is 0 Å². The fourth-order valence-corrected chi connectivity index (χ4v) is 2.63. The summed E-state index contributed by atoms with van der Waals surface area (Å²) in [6, 6.07) is 0. The zero-order chi connectivity index (χ0) is 12.6. The van der Waals surface area contributed by atoms with E-state index in [1.807, 2.05) is 16.3 Å². The summed E-state index contributed by atoms with van der Waals surface area (Å²) in [7, 11) is 1.91. The Morgan fingerprint density at radius 2 is 2.12 bits per heavy atom. The van der Waals surface area contributed by atoms with Gasteiger partial charge in [-0.2, -0.15) is 5.10 Å². The molecule has 2 heterocycles. The van der Waals surface area contributed by atoms with Gasteiger partial charge in [-0.05, 0) is 51.6 Å². The summed E-state index contributed by atoms with van der Waals surface area (Å²) in [6.07, 6.45) is 3.73. The molecule has 0 radical (unpaired) electrons. The third kappa shape index (κ3) is 2.30. The van der Waals surface area contributed by atoms with Gasteiger partial charge in [0.05, 0.1) is 11.4 Å². The van der Waals surface area contributed by atoms with Gasteiger partial charge in [0.15, 0.2) is 5.82 Å². The molecule has 0 aliphatic carbocycles. The van der Waals surface area contributed by atoms with E-state index in [1.54, 1.807) is 6.33 Å². The fraction of sp³-hybridized carbons (Fsp3) is 0.400. The first-order valence-corrected chi connectivity index (χ1v) is 7.42. The van der Waals surface area contributed by atoms with Crippen LogP contribution in [0, 0.1) is 7.40 Å². The van der Waals surface area contributed by atoms with Crippen LogP contribution >= 0.6 is 45.2 Å². The quantitative estimate of drug-likeness (QED) is 0.721. The van der Waals surface area contributed by atoms with Crippen LogP contribution in [0.2, 0.25) is 0 Å². The van der Waals surface area contributed by atoms with Crippen LogP contribution in [-0.4, -0.2) is 19.3 Å². The Balaban J connectivity index is 2.56. The number of halogens is 2. The molecular formula is C10H13I2N5. The van der Waals surface area contributed by atoms with E-state index in [0.29, 0.717) is 0 Å². The molecule has 0 amide bonds. The number of nitrogens with zero attached hydrogens (tertiary/aromatic N) is 4. The molecule has 0 aliphatic rings. The van der Waals surface area contributed by atoms with Crippen LogP contribution in [0.25, 0.3) is 5.82 Å². The van der Waals surface area contributed by atoms with E-state index in [0.717, 1.165) is 37.4 Å². The van der Waals surface area contributed by atoms with Gasteiger partial charge in [-0.1, -0.05) is 13.3 Å². The van der Waals surface area contributed by atoms with E-state index in [2.05, 4.69) is 62.2 Å². The first-order valence-electron chi connectivity index (χ1n) is 5.26. The Bertz CT molecular complexity index is 543. The van der Waals surface area contributed by atoms with Crippen LogP contribution in [0.15, 0.2) is 6.33 Å². The van der Waals surface area contributed by atoms with Crippen molar-refractivity contribution in [3.05, 3.63) is 19.4 Å². The topological polar surface area (TPSA) is 61.7 Å². The first kappa shape index (κ1) is 13.1. The molecule has 0 atom stereocenters. The maximum absolute atomic E-state index is 6.16. The number of nitrogen functional groups attached to an aromatic ring is 1. The average molecular weight is 457 g/mol. The van der Waals surface area contributed by atoms with Crippen LogP contribution in [0.5, 0.6) is 0 Å². The lowest BCUT2D eigenvalue weighted by molar-refractivity contribution is 0.705. The number of aromatic nitrogens is 4. The summed E-state index contributed by atoms with van der Waals surface area (Å²) in [5, 5.41) is 4.46.